The summed E-state index contributed by atoms with van der Waals surface area (Å²) in [5, 5.41) is 7.77. The van der Waals surface area contributed by atoms with E-state index in [1.807, 2.05) is 42.5 Å². The van der Waals surface area contributed by atoms with Gasteiger partial charge in [-0.15, -0.1) is 0 Å². The maximum Gasteiger partial charge on any atom is 0.227 e. The van der Waals surface area contributed by atoms with Gasteiger partial charge in [-0.05, 0) is 42.2 Å². The highest BCUT2D eigenvalue weighted by molar-refractivity contribution is 6.30. The first-order valence-corrected chi connectivity index (χ1v) is 9.82. The number of benzene rings is 2. The summed E-state index contributed by atoms with van der Waals surface area (Å²) in [6, 6.07) is 17.3. The van der Waals surface area contributed by atoms with Crippen molar-refractivity contribution >= 4 is 17.5 Å². The van der Waals surface area contributed by atoms with Gasteiger partial charge in [-0.3, -0.25) is 4.79 Å². The fourth-order valence-corrected chi connectivity index (χ4v) is 3.12. The molecule has 1 N–H and O–H groups in total. The second kappa shape index (κ2) is 9.51. The standard InChI is InChI=1S/C22H24ClN3O2/c1-15(2)14-19(16-6-4-3-5-7-16)24-20(27)12-13-21-25-22(26-28-21)17-8-10-18(23)11-9-17/h3-11,15,19H,12-14H2,1-2H3,(H,24,27). The molecule has 1 heterocycles. The van der Waals surface area contributed by atoms with Crippen LogP contribution in [0.3, 0.4) is 0 Å². The maximum atomic E-state index is 12.5. The Morgan fingerprint density at radius 3 is 2.50 bits per heavy atom. The minimum absolute atomic E-state index is 0.000938. The highest BCUT2D eigenvalue weighted by Gasteiger charge is 2.17. The van der Waals surface area contributed by atoms with Crippen LogP contribution in [0.5, 0.6) is 0 Å². The van der Waals surface area contributed by atoms with Crippen LogP contribution in [0.15, 0.2) is 59.1 Å². The molecule has 1 unspecified atom stereocenters. The number of nitrogens with zero attached hydrogens (tertiary/aromatic N) is 2. The highest BCUT2D eigenvalue weighted by atomic mass is 35.5. The van der Waals surface area contributed by atoms with E-state index >= 15 is 0 Å². The molecule has 0 saturated heterocycles. The molecule has 3 rings (SSSR count). The van der Waals surface area contributed by atoms with Crippen LogP contribution in [0, 0.1) is 5.92 Å². The Morgan fingerprint density at radius 2 is 1.82 bits per heavy atom. The van der Waals surface area contributed by atoms with Gasteiger partial charge in [0.05, 0.1) is 6.04 Å². The lowest BCUT2D eigenvalue weighted by atomic mass is 9.97. The second-order valence-electron chi connectivity index (χ2n) is 7.18. The lowest BCUT2D eigenvalue weighted by Gasteiger charge is -2.21. The SMILES string of the molecule is CC(C)CC(NC(=O)CCc1nc(-c2ccc(Cl)cc2)no1)c1ccccc1. The van der Waals surface area contributed by atoms with E-state index in [2.05, 4.69) is 29.3 Å². The number of aromatic nitrogens is 2. The summed E-state index contributed by atoms with van der Waals surface area (Å²) in [6.07, 6.45) is 1.58. The van der Waals surface area contributed by atoms with Gasteiger partial charge in [0, 0.05) is 23.4 Å². The van der Waals surface area contributed by atoms with Crippen molar-refractivity contribution in [2.24, 2.45) is 5.92 Å². The number of amides is 1. The predicted octanol–water partition coefficient (Wildman–Crippen LogP) is 5.23. The summed E-state index contributed by atoms with van der Waals surface area (Å²) >= 11 is 5.90. The molecule has 0 radical (unpaired) electrons. The normalized spacial score (nSPS) is 12.1. The van der Waals surface area contributed by atoms with Crippen molar-refractivity contribution in [3.8, 4) is 11.4 Å². The van der Waals surface area contributed by atoms with Gasteiger partial charge in [0.1, 0.15) is 0 Å². The van der Waals surface area contributed by atoms with E-state index in [0.29, 0.717) is 35.5 Å². The van der Waals surface area contributed by atoms with E-state index in [1.165, 1.54) is 0 Å². The molecule has 0 aliphatic carbocycles. The summed E-state index contributed by atoms with van der Waals surface area (Å²) in [7, 11) is 0. The van der Waals surface area contributed by atoms with Gasteiger partial charge in [-0.25, -0.2) is 0 Å². The monoisotopic (exact) mass is 397 g/mol. The van der Waals surface area contributed by atoms with Crippen molar-refractivity contribution < 1.29 is 9.32 Å². The molecule has 0 saturated carbocycles. The smallest absolute Gasteiger partial charge is 0.227 e. The molecule has 3 aromatic rings. The molecule has 0 aliphatic rings. The number of aryl methyl sites for hydroxylation is 1. The molecule has 2 aromatic carbocycles. The highest BCUT2D eigenvalue weighted by Crippen LogP contribution is 2.22. The summed E-state index contributed by atoms with van der Waals surface area (Å²) in [6.45, 7) is 4.30. The molecule has 146 valence electrons. The van der Waals surface area contributed by atoms with Gasteiger partial charge in [0.15, 0.2) is 0 Å². The zero-order valence-electron chi connectivity index (χ0n) is 16.1. The third-order valence-corrected chi connectivity index (χ3v) is 4.63. The first kappa shape index (κ1) is 20.1. The molecule has 0 bridgehead atoms. The van der Waals surface area contributed by atoms with Crippen molar-refractivity contribution in [2.45, 2.75) is 39.2 Å². The largest absolute Gasteiger partial charge is 0.349 e. The molecule has 1 atom stereocenters. The van der Waals surface area contributed by atoms with Crippen LogP contribution in [0.1, 0.15) is 44.2 Å². The number of carbonyl (C=O) groups excluding carboxylic acids is 1. The Kier molecular flexibility index (Phi) is 6.82. The lowest BCUT2D eigenvalue weighted by Crippen LogP contribution is -2.29. The first-order valence-electron chi connectivity index (χ1n) is 9.44. The zero-order chi connectivity index (χ0) is 19.9. The molecule has 0 spiro atoms. The van der Waals surface area contributed by atoms with Gasteiger partial charge in [0.25, 0.3) is 0 Å². The van der Waals surface area contributed by atoms with Crippen LogP contribution in [-0.4, -0.2) is 16.0 Å². The topological polar surface area (TPSA) is 68.0 Å². The number of halogens is 1. The van der Waals surface area contributed by atoms with E-state index in [0.717, 1.165) is 17.5 Å². The first-order chi connectivity index (χ1) is 13.5. The molecule has 28 heavy (non-hydrogen) atoms. The van der Waals surface area contributed by atoms with Gasteiger partial charge in [0.2, 0.25) is 17.6 Å². The van der Waals surface area contributed by atoms with Gasteiger partial charge >= 0.3 is 0 Å². The third-order valence-electron chi connectivity index (χ3n) is 4.38. The Morgan fingerprint density at radius 1 is 1.11 bits per heavy atom. The molecule has 0 fully saturated rings. The van der Waals surface area contributed by atoms with Crippen molar-refractivity contribution in [2.75, 3.05) is 0 Å². The lowest BCUT2D eigenvalue weighted by molar-refractivity contribution is -0.122. The van der Waals surface area contributed by atoms with Crippen molar-refractivity contribution in [3.05, 3.63) is 71.1 Å². The molecule has 6 heteroatoms. The van der Waals surface area contributed by atoms with Gasteiger partial charge < -0.3 is 9.84 Å². The van der Waals surface area contributed by atoms with Crippen LogP contribution < -0.4 is 5.32 Å². The van der Waals surface area contributed by atoms with Crippen LogP contribution in [0.2, 0.25) is 5.02 Å². The average molecular weight is 398 g/mol. The quantitative estimate of drug-likeness (QED) is 0.565. The average Bonchev–Trinajstić information content (AvgIpc) is 3.16. The number of carbonyl (C=O) groups is 1. The van der Waals surface area contributed by atoms with Crippen molar-refractivity contribution in [1.29, 1.82) is 0 Å². The van der Waals surface area contributed by atoms with E-state index in [1.54, 1.807) is 12.1 Å². The summed E-state index contributed by atoms with van der Waals surface area (Å²) < 4.78 is 5.28. The van der Waals surface area contributed by atoms with E-state index in [-0.39, 0.29) is 11.9 Å². The number of hydrogen-bond acceptors (Lipinski definition) is 4. The number of nitrogens with one attached hydrogen (secondary N) is 1. The number of hydrogen-bond donors (Lipinski definition) is 1. The minimum atomic E-state index is -0.0271. The molecule has 1 aromatic heterocycles. The number of rotatable bonds is 8. The van der Waals surface area contributed by atoms with Crippen molar-refractivity contribution in [3.63, 3.8) is 0 Å². The molecular weight excluding hydrogens is 374 g/mol. The summed E-state index contributed by atoms with van der Waals surface area (Å²) in [5.74, 6) is 1.39. The summed E-state index contributed by atoms with van der Waals surface area (Å²) in [4.78, 5) is 16.8. The van der Waals surface area contributed by atoms with E-state index in [4.69, 9.17) is 16.1 Å². The third kappa shape index (κ3) is 5.67. The Bertz CT molecular complexity index is 892. The van der Waals surface area contributed by atoms with Crippen molar-refractivity contribution in [1.82, 2.24) is 15.5 Å². The second-order valence-corrected chi connectivity index (χ2v) is 7.62. The van der Waals surface area contributed by atoms with Crippen LogP contribution in [0.4, 0.5) is 0 Å². The summed E-state index contributed by atoms with van der Waals surface area (Å²) in [5.41, 5.74) is 1.94. The molecule has 5 nitrogen and oxygen atoms in total. The fraction of sp³-hybridized carbons (Fsp3) is 0.318. The maximum absolute atomic E-state index is 12.5. The van der Waals surface area contributed by atoms with Gasteiger partial charge in [-0.1, -0.05) is 60.9 Å². The van der Waals surface area contributed by atoms with Crippen LogP contribution >= 0.6 is 11.6 Å². The van der Waals surface area contributed by atoms with Crippen LogP contribution in [0.25, 0.3) is 11.4 Å². The Balaban J connectivity index is 1.58. The van der Waals surface area contributed by atoms with E-state index in [9.17, 15) is 4.79 Å². The zero-order valence-corrected chi connectivity index (χ0v) is 16.8. The Hall–Kier alpha value is -2.66. The fourth-order valence-electron chi connectivity index (χ4n) is 2.99. The predicted molar refractivity (Wildman–Crippen MR) is 110 cm³/mol. The van der Waals surface area contributed by atoms with Gasteiger partial charge in [-0.2, -0.15) is 4.98 Å². The minimum Gasteiger partial charge on any atom is -0.349 e. The van der Waals surface area contributed by atoms with Crippen LogP contribution in [-0.2, 0) is 11.2 Å². The van der Waals surface area contributed by atoms with E-state index < -0.39 is 0 Å². The molecule has 0 aliphatic heterocycles. The molecular formula is C22H24ClN3O2. The Labute approximate surface area is 170 Å². The molecule has 1 amide bonds.